The third-order valence-electron chi connectivity index (χ3n) is 2.85. The van der Waals surface area contributed by atoms with Gasteiger partial charge < -0.3 is 5.11 Å². The molecule has 19 heavy (non-hydrogen) atoms. The fourth-order valence-electron chi connectivity index (χ4n) is 1.85. The van der Waals surface area contributed by atoms with Crippen LogP contribution in [0, 0.1) is 6.92 Å². The summed E-state index contributed by atoms with van der Waals surface area (Å²) in [6, 6.07) is 11.1. The van der Waals surface area contributed by atoms with Gasteiger partial charge in [0.1, 0.15) is 0 Å². The van der Waals surface area contributed by atoms with Crippen LogP contribution >= 0.6 is 11.6 Å². The van der Waals surface area contributed by atoms with Gasteiger partial charge in [0.25, 0.3) is 0 Å². The molecule has 0 saturated carbocycles. The van der Waals surface area contributed by atoms with Crippen LogP contribution in [0.2, 0.25) is 5.02 Å². The number of benzene rings is 2. The van der Waals surface area contributed by atoms with Gasteiger partial charge in [0.2, 0.25) is 0 Å². The Balaban J connectivity index is 2.56. The van der Waals surface area contributed by atoms with Gasteiger partial charge in [-0.05, 0) is 30.7 Å². The Hall–Kier alpha value is -2.13. The van der Waals surface area contributed by atoms with Crippen molar-refractivity contribution >= 4 is 23.4 Å². The molecule has 0 aromatic heterocycles. The van der Waals surface area contributed by atoms with Crippen molar-refractivity contribution in [3.05, 3.63) is 69.7 Å². The van der Waals surface area contributed by atoms with Gasteiger partial charge in [0.05, 0.1) is 5.56 Å². The monoisotopic (exact) mass is 274 g/mol. The molecule has 2 aromatic carbocycles. The molecule has 0 spiro atoms. The maximum absolute atomic E-state index is 12.4. The number of hydrogen-bond acceptors (Lipinski definition) is 2. The average molecular weight is 275 g/mol. The lowest BCUT2D eigenvalue weighted by molar-refractivity contribution is 0.0693. The van der Waals surface area contributed by atoms with E-state index < -0.39 is 5.97 Å². The number of aryl methyl sites for hydroxylation is 1. The molecule has 3 nitrogen and oxygen atoms in total. The molecule has 0 aliphatic rings. The Labute approximate surface area is 115 Å². The van der Waals surface area contributed by atoms with Gasteiger partial charge in [-0.25, -0.2) is 4.79 Å². The van der Waals surface area contributed by atoms with Crippen LogP contribution < -0.4 is 0 Å². The smallest absolute Gasteiger partial charge is 0.336 e. The highest BCUT2D eigenvalue weighted by Crippen LogP contribution is 2.21. The van der Waals surface area contributed by atoms with E-state index in [2.05, 4.69) is 0 Å². The van der Waals surface area contributed by atoms with Crippen molar-refractivity contribution in [2.24, 2.45) is 0 Å². The maximum atomic E-state index is 12.4. The van der Waals surface area contributed by atoms with E-state index in [1.165, 1.54) is 12.1 Å². The van der Waals surface area contributed by atoms with Gasteiger partial charge in [0.15, 0.2) is 5.78 Å². The molecule has 0 amide bonds. The topological polar surface area (TPSA) is 54.4 Å². The summed E-state index contributed by atoms with van der Waals surface area (Å²) in [6.45, 7) is 1.78. The quantitative estimate of drug-likeness (QED) is 0.871. The molecule has 0 unspecified atom stereocenters. The van der Waals surface area contributed by atoms with Gasteiger partial charge in [-0.15, -0.1) is 0 Å². The molecular weight excluding hydrogens is 264 g/mol. The number of rotatable bonds is 3. The Morgan fingerprint density at radius 2 is 1.63 bits per heavy atom. The number of carboxylic acid groups (broad SMARTS) is 1. The summed E-state index contributed by atoms with van der Waals surface area (Å²) < 4.78 is 0. The second-order valence-corrected chi connectivity index (χ2v) is 4.58. The second-order valence-electron chi connectivity index (χ2n) is 4.14. The van der Waals surface area contributed by atoms with Crippen LogP contribution in [0.1, 0.15) is 31.8 Å². The van der Waals surface area contributed by atoms with Crippen LogP contribution in [0.5, 0.6) is 0 Å². The molecular formula is C15H11ClO3. The van der Waals surface area contributed by atoms with Crippen LogP contribution in [0.3, 0.4) is 0 Å². The summed E-state index contributed by atoms with van der Waals surface area (Å²) in [5.74, 6) is -1.46. The molecule has 0 heterocycles. The summed E-state index contributed by atoms with van der Waals surface area (Å²) in [5, 5.41) is 9.55. The zero-order valence-corrected chi connectivity index (χ0v) is 10.9. The Kier molecular flexibility index (Phi) is 3.67. The highest BCUT2D eigenvalue weighted by molar-refractivity contribution is 6.31. The third-order valence-corrected chi connectivity index (χ3v) is 3.08. The first kappa shape index (κ1) is 13.3. The molecule has 2 rings (SSSR count). The van der Waals surface area contributed by atoms with Crippen molar-refractivity contribution in [3.8, 4) is 0 Å². The molecule has 0 aliphatic carbocycles. The zero-order valence-electron chi connectivity index (χ0n) is 10.2. The number of carboxylic acids is 1. The minimum absolute atomic E-state index is 0.00752. The fraction of sp³-hybridized carbons (Fsp3) is 0.0667. The third kappa shape index (κ3) is 2.66. The first-order valence-corrected chi connectivity index (χ1v) is 6.01. The van der Waals surface area contributed by atoms with Crippen molar-refractivity contribution < 1.29 is 14.7 Å². The molecule has 0 aliphatic heterocycles. The lowest BCUT2D eigenvalue weighted by atomic mass is 9.95. The summed E-state index contributed by atoms with van der Waals surface area (Å²) >= 11 is 5.88. The molecule has 0 saturated heterocycles. The fourth-order valence-corrected chi connectivity index (χ4v) is 2.02. The number of aromatic carboxylic acids is 1. The minimum Gasteiger partial charge on any atom is -0.478 e. The molecule has 2 aromatic rings. The zero-order chi connectivity index (χ0) is 14.0. The van der Waals surface area contributed by atoms with E-state index in [9.17, 15) is 9.59 Å². The first-order chi connectivity index (χ1) is 9.00. The Morgan fingerprint density at radius 3 is 2.26 bits per heavy atom. The van der Waals surface area contributed by atoms with E-state index in [1.54, 1.807) is 37.3 Å². The maximum Gasteiger partial charge on any atom is 0.336 e. The van der Waals surface area contributed by atoms with Crippen LogP contribution in [0.25, 0.3) is 0 Å². The number of hydrogen-bond donors (Lipinski definition) is 1. The van der Waals surface area contributed by atoms with Crippen LogP contribution in [-0.2, 0) is 0 Å². The molecule has 0 fully saturated rings. The van der Waals surface area contributed by atoms with Crippen molar-refractivity contribution in [2.45, 2.75) is 6.92 Å². The summed E-state index contributed by atoms with van der Waals surface area (Å²) in [4.78, 5) is 23.6. The minimum atomic E-state index is -1.12. The molecule has 96 valence electrons. The highest BCUT2D eigenvalue weighted by Gasteiger charge is 2.18. The molecule has 1 N–H and O–H groups in total. The largest absolute Gasteiger partial charge is 0.478 e. The molecule has 0 bridgehead atoms. The highest BCUT2D eigenvalue weighted by atomic mass is 35.5. The van der Waals surface area contributed by atoms with Crippen LogP contribution in [-0.4, -0.2) is 16.9 Å². The van der Waals surface area contributed by atoms with Gasteiger partial charge in [-0.1, -0.05) is 35.9 Å². The van der Waals surface area contributed by atoms with Crippen molar-refractivity contribution in [1.82, 2.24) is 0 Å². The van der Waals surface area contributed by atoms with Gasteiger partial charge in [-0.2, -0.15) is 0 Å². The lowest BCUT2D eigenvalue weighted by Crippen LogP contribution is -2.10. The lowest BCUT2D eigenvalue weighted by Gasteiger charge is -2.08. The van der Waals surface area contributed by atoms with Gasteiger partial charge in [0, 0.05) is 16.1 Å². The summed E-state index contributed by atoms with van der Waals surface area (Å²) in [6.07, 6.45) is 0. The number of carbonyl (C=O) groups is 2. The first-order valence-electron chi connectivity index (χ1n) is 5.64. The Morgan fingerprint density at radius 1 is 1.00 bits per heavy atom. The van der Waals surface area contributed by atoms with Gasteiger partial charge in [-0.3, -0.25) is 4.79 Å². The van der Waals surface area contributed by atoms with Gasteiger partial charge >= 0.3 is 5.97 Å². The van der Waals surface area contributed by atoms with Crippen molar-refractivity contribution in [2.75, 3.05) is 0 Å². The van der Waals surface area contributed by atoms with Crippen LogP contribution in [0.4, 0.5) is 0 Å². The Bertz CT molecular complexity index is 662. The standard InChI is InChI=1S/C15H11ClO3/c1-9-6-7-10(16)8-13(9)14(17)11-4-2-3-5-12(11)15(18)19/h2-8H,1H3,(H,18,19). The van der Waals surface area contributed by atoms with E-state index in [1.807, 2.05) is 0 Å². The molecule has 0 radical (unpaired) electrons. The molecule has 0 atom stereocenters. The average Bonchev–Trinajstić information content (AvgIpc) is 2.40. The number of ketones is 1. The summed E-state index contributed by atoms with van der Waals surface area (Å²) in [7, 11) is 0. The van der Waals surface area contributed by atoms with E-state index in [4.69, 9.17) is 16.7 Å². The molecule has 4 heteroatoms. The summed E-state index contributed by atoms with van der Waals surface area (Å²) in [5.41, 5.74) is 1.34. The van der Waals surface area contributed by atoms with Crippen molar-refractivity contribution in [3.63, 3.8) is 0 Å². The van der Waals surface area contributed by atoms with E-state index in [0.29, 0.717) is 10.6 Å². The van der Waals surface area contributed by atoms with Crippen molar-refractivity contribution in [1.29, 1.82) is 0 Å². The normalized spacial score (nSPS) is 10.2. The second kappa shape index (κ2) is 5.24. The van der Waals surface area contributed by atoms with Crippen LogP contribution in [0.15, 0.2) is 42.5 Å². The van der Waals surface area contributed by atoms with E-state index >= 15 is 0 Å². The predicted octanol–water partition coefficient (Wildman–Crippen LogP) is 3.58. The van der Waals surface area contributed by atoms with E-state index in [-0.39, 0.29) is 16.9 Å². The van der Waals surface area contributed by atoms with E-state index in [0.717, 1.165) is 5.56 Å². The SMILES string of the molecule is Cc1ccc(Cl)cc1C(=O)c1ccccc1C(=O)O. The number of carbonyl (C=O) groups excluding carboxylic acids is 1. The predicted molar refractivity (Wildman–Crippen MR) is 73.0 cm³/mol. The number of halogens is 1.